The van der Waals surface area contributed by atoms with E-state index in [9.17, 15) is 9.90 Å². The molecule has 0 saturated carbocycles. The summed E-state index contributed by atoms with van der Waals surface area (Å²) in [5.74, 6) is -0.672. The molecule has 1 N–H and O–H groups in total. The van der Waals surface area contributed by atoms with Gasteiger partial charge in [-0.1, -0.05) is 57.5 Å². The van der Waals surface area contributed by atoms with Crippen LogP contribution in [-0.4, -0.2) is 16.1 Å². The molecule has 0 aliphatic heterocycles. The van der Waals surface area contributed by atoms with E-state index in [1.54, 1.807) is 6.07 Å². The van der Waals surface area contributed by atoms with E-state index in [0.717, 1.165) is 23.2 Å². The van der Waals surface area contributed by atoms with Gasteiger partial charge in [0.15, 0.2) is 0 Å². The molecule has 0 unspecified atom stereocenters. The Labute approximate surface area is 125 Å². The van der Waals surface area contributed by atoms with Gasteiger partial charge in [0.2, 0.25) is 0 Å². The van der Waals surface area contributed by atoms with Gasteiger partial charge in [-0.2, -0.15) is 0 Å². The summed E-state index contributed by atoms with van der Waals surface area (Å²) in [4.78, 5) is 16.2. The fourth-order valence-corrected chi connectivity index (χ4v) is 2.45. The first kappa shape index (κ1) is 15.2. The third-order valence-electron chi connectivity index (χ3n) is 3.52. The highest BCUT2D eigenvalue weighted by Crippen LogP contribution is 2.30. The Balaban J connectivity index is 2.68. The number of pyridine rings is 1. The van der Waals surface area contributed by atoms with E-state index in [1.807, 2.05) is 37.3 Å². The molecule has 0 aliphatic rings. The molecule has 21 heavy (non-hydrogen) atoms. The van der Waals surface area contributed by atoms with Crippen molar-refractivity contribution in [3.8, 4) is 11.3 Å². The molecule has 0 radical (unpaired) electrons. The smallest absolute Gasteiger partial charge is 0.337 e. The maximum atomic E-state index is 11.5. The van der Waals surface area contributed by atoms with E-state index >= 15 is 0 Å². The summed E-state index contributed by atoms with van der Waals surface area (Å²) in [6.07, 6.45) is 1.56. The number of carboxylic acid groups (broad SMARTS) is 1. The molecule has 1 aromatic heterocycles. The van der Waals surface area contributed by atoms with Gasteiger partial charge in [0, 0.05) is 5.56 Å². The van der Waals surface area contributed by atoms with Crippen molar-refractivity contribution in [1.82, 2.24) is 4.98 Å². The molecule has 1 aromatic carbocycles. The second-order valence-electron chi connectivity index (χ2n) is 5.50. The summed E-state index contributed by atoms with van der Waals surface area (Å²) in [6, 6.07) is 11.8. The molecule has 3 heteroatoms. The predicted molar refractivity (Wildman–Crippen MR) is 84.7 cm³/mol. The minimum absolute atomic E-state index is 0.224. The van der Waals surface area contributed by atoms with E-state index in [0.29, 0.717) is 17.7 Å². The van der Waals surface area contributed by atoms with E-state index in [2.05, 4.69) is 13.8 Å². The Morgan fingerprint density at radius 3 is 2.43 bits per heavy atom. The van der Waals surface area contributed by atoms with Crippen LogP contribution in [0.2, 0.25) is 0 Å². The number of aromatic nitrogens is 1. The minimum atomic E-state index is -0.896. The molecule has 0 aliphatic carbocycles. The molecule has 0 atom stereocenters. The molecule has 0 saturated heterocycles. The Morgan fingerprint density at radius 1 is 1.24 bits per heavy atom. The van der Waals surface area contributed by atoms with Crippen molar-refractivity contribution in [2.75, 3.05) is 0 Å². The van der Waals surface area contributed by atoms with E-state index in [4.69, 9.17) is 4.98 Å². The third kappa shape index (κ3) is 3.30. The number of aryl methyl sites for hydroxylation is 1. The molecule has 0 bridgehead atoms. The first-order valence-electron chi connectivity index (χ1n) is 7.37. The number of hydrogen-bond acceptors (Lipinski definition) is 2. The SMILES string of the molecule is CCCc1nc(-c2ccccc2)c(C(C)C)cc1C(=O)O. The lowest BCUT2D eigenvalue weighted by atomic mass is 9.94. The third-order valence-corrected chi connectivity index (χ3v) is 3.52. The van der Waals surface area contributed by atoms with Gasteiger partial charge >= 0.3 is 5.97 Å². The predicted octanol–water partition coefficient (Wildman–Crippen LogP) is 4.52. The zero-order valence-electron chi connectivity index (χ0n) is 12.8. The van der Waals surface area contributed by atoms with Crippen LogP contribution in [0.1, 0.15) is 54.7 Å². The summed E-state index contributed by atoms with van der Waals surface area (Å²) in [7, 11) is 0. The molecular formula is C18H21NO2. The van der Waals surface area contributed by atoms with E-state index in [1.165, 1.54) is 0 Å². The Hall–Kier alpha value is -2.16. The van der Waals surface area contributed by atoms with Crippen LogP contribution in [0.25, 0.3) is 11.3 Å². The Bertz CT molecular complexity index is 633. The number of hydrogen-bond donors (Lipinski definition) is 1. The number of nitrogens with zero attached hydrogens (tertiary/aromatic N) is 1. The van der Waals surface area contributed by atoms with Crippen molar-refractivity contribution in [3.63, 3.8) is 0 Å². The molecule has 1 heterocycles. The first-order chi connectivity index (χ1) is 10.0. The number of carboxylic acids is 1. The van der Waals surface area contributed by atoms with Crippen molar-refractivity contribution < 1.29 is 9.90 Å². The zero-order chi connectivity index (χ0) is 15.4. The van der Waals surface area contributed by atoms with Crippen LogP contribution in [0.3, 0.4) is 0 Å². The average molecular weight is 283 g/mol. The Morgan fingerprint density at radius 2 is 1.90 bits per heavy atom. The largest absolute Gasteiger partial charge is 0.478 e. The highest BCUT2D eigenvalue weighted by atomic mass is 16.4. The standard InChI is InChI=1S/C18H21NO2/c1-4-8-16-15(18(20)21)11-14(12(2)3)17(19-16)13-9-6-5-7-10-13/h5-7,9-12H,4,8H2,1-3H3,(H,20,21). The second-order valence-corrected chi connectivity index (χ2v) is 5.50. The maximum absolute atomic E-state index is 11.5. The van der Waals surface area contributed by atoms with Crippen LogP contribution in [0, 0.1) is 0 Å². The maximum Gasteiger partial charge on any atom is 0.337 e. The van der Waals surface area contributed by atoms with Crippen molar-refractivity contribution in [1.29, 1.82) is 0 Å². The highest BCUT2D eigenvalue weighted by Gasteiger charge is 2.18. The van der Waals surface area contributed by atoms with Gasteiger partial charge in [0.1, 0.15) is 0 Å². The monoisotopic (exact) mass is 283 g/mol. The quantitative estimate of drug-likeness (QED) is 0.877. The van der Waals surface area contributed by atoms with E-state index in [-0.39, 0.29) is 5.92 Å². The molecule has 110 valence electrons. The summed E-state index contributed by atoms with van der Waals surface area (Å²) in [5, 5.41) is 9.42. The van der Waals surface area contributed by atoms with Gasteiger partial charge in [0.25, 0.3) is 0 Å². The number of carbonyl (C=O) groups is 1. The van der Waals surface area contributed by atoms with E-state index < -0.39 is 5.97 Å². The van der Waals surface area contributed by atoms with Crippen LogP contribution in [0.15, 0.2) is 36.4 Å². The number of rotatable bonds is 5. The fraction of sp³-hybridized carbons (Fsp3) is 0.333. The lowest BCUT2D eigenvalue weighted by Gasteiger charge is -2.16. The van der Waals surface area contributed by atoms with Crippen molar-refractivity contribution in [2.45, 2.75) is 39.5 Å². The van der Waals surface area contributed by atoms with Gasteiger partial charge in [-0.3, -0.25) is 4.98 Å². The lowest BCUT2D eigenvalue weighted by Crippen LogP contribution is -2.09. The van der Waals surface area contributed by atoms with Crippen LogP contribution in [0.5, 0.6) is 0 Å². The van der Waals surface area contributed by atoms with Crippen molar-refractivity contribution >= 4 is 5.97 Å². The van der Waals surface area contributed by atoms with Crippen molar-refractivity contribution in [3.05, 3.63) is 53.2 Å². The summed E-state index contributed by atoms with van der Waals surface area (Å²) in [5.41, 5.74) is 3.93. The Kier molecular flexibility index (Phi) is 4.73. The lowest BCUT2D eigenvalue weighted by molar-refractivity contribution is 0.0695. The summed E-state index contributed by atoms with van der Waals surface area (Å²) in [6.45, 7) is 6.16. The van der Waals surface area contributed by atoms with Gasteiger partial charge in [-0.05, 0) is 24.0 Å². The molecule has 0 fully saturated rings. The normalized spacial score (nSPS) is 10.9. The van der Waals surface area contributed by atoms with Gasteiger partial charge in [-0.15, -0.1) is 0 Å². The number of aromatic carboxylic acids is 1. The minimum Gasteiger partial charge on any atom is -0.478 e. The first-order valence-corrected chi connectivity index (χ1v) is 7.37. The fourth-order valence-electron chi connectivity index (χ4n) is 2.45. The number of benzene rings is 1. The molecule has 2 aromatic rings. The molecule has 0 amide bonds. The summed E-state index contributed by atoms with van der Waals surface area (Å²) >= 11 is 0. The molecule has 3 nitrogen and oxygen atoms in total. The average Bonchev–Trinajstić information content (AvgIpc) is 2.47. The van der Waals surface area contributed by atoms with Crippen LogP contribution < -0.4 is 0 Å². The van der Waals surface area contributed by atoms with Gasteiger partial charge in [0.05, 0.1) is 17.0 Å². The summed E-state index contributed by atoms with van der Waals surface area (Å²) < 4.78 is 0. The van der Waals surface area contributed by atoms with Crippen LogP contribution in [0.4, 0.5) is 0 Å². The van der Waals surface area contributed by atoms with Crippen LogP contribution >= 0.6 is 0 Å². The van der Waals surface area contributed by atoms with Crippen LogP contribution in [-0.2, 0) is 6.42 Å². The van der Waals surface area contributed by atoms with Gasteiger partial charge in [-0.25, -0.2) is 4.79 Å². The van der Waals surface area contributed by atoms with Crippen molar-refractivity contribution in [2.24, 2.45) is 0 Å². The highest BCUT2D eigenvalue weighted by molar-refractivity contribution is 5.90. The zero-order valence-corrected chi connectivity index (χ0v) is 12.8. The molecule has 2 rings (SSSR count). The topological polar surface area (TPSA) is 50.2 Å². The van der Waals surface area contributed by atoms with Gasteiger partial charge < -0.3 is 5.11 Å². The molecule has 0 spiro atoms. The molecular weight excluding hydrogens is 262 g/mol. The second kappa shape index (κ2) is 6.53.